The molecule has 3 heterocycles. The van der Waals surface area contributed by atoms with E-state index in [4.69, 9.17) is 16.3 Å². The highest BCUT2D eigenvalue weighted by Crippen LogP contribution is 2.31. The molecule has 2 aromatic carbocycles. The number of hydrogen-bond acceptors (Lipinski definition) is 8. The van der Waals surface area contributed by atoms with Gasteiger partial charge in [-0.25, -0.2) is 17.9 Å². The average molecular weight is 574 g/mol. The summed E-state index contributed by atoms with van der Waals surface area (Å²) in [5, 5.41) is 11.8. The van der Waals surface area contributed by atoms with Crippen LogP contribution in [0.2, 0.25) is 5.02 Å². The van der Waals surface area contributed by atoms with Crippen LogP contribution >= 0.6 is 22.9 Å². The quantitative estimate of drug-likeness (QED) is 0.333. The van der Waals surface area contributed by atoms with Crippen LogP contribution in [0.1, 0.15) is 44.5 Å². The van der Waals surface area contributed by atoms with Gasteiger partial charge >= 0.3 is 5.97 Å². The molecule has 1 amide bonds. The van der Waals surface area contributed by atoms with E-state index in [1.165, 1.54) is 11.4 Å². The molecule has 1 fully saturated rings. The van der Waals surface area contributed by atoms with Crippen molar-refractivity contribution in [3.63, 3.8) is 0 Å². The number of aromatic nitrogens is 3. The average Bonchev–Trinajstić information content (AvgIpc) is 3.59. The van der Waals surface area contributed by atoms with Crippen LogP contribution in [0.4, 0.5) is 0 Å². The Hall–Kier alpha value is -3.32. The van der Waals surface area contributed by atoms with Gasteiger partial charge in [0.25, 0.3) is 15.9 Å². The zero-order chi connectivity index (χ0) is 26.9. The summed E-state index contributed by atoms with van der Waals surface area (Å²) in [6.07, 6.45) is 1.10. The maximum atomic E-state index is 13.3. The van der Waals surface area contributed by atoms with Gasteiger partial charge in [-0.3, -0.25) is 4.79 Å². The third kappa shape index (κ3) is 5.30. The number of esters is 1. The summed E-state index contributed by atoms with van der Waals surface area (Å²) in [6.45, 7) is 0.869. The fourth-order valence-corrected chi connectivity index (χ4v) is 7.41. The van der Waals surface area contributed by atoms with E-state index in [1.54, 1.807) is 59.3 Å². The molecule has 1 saturated heterocycles. The Morgan fingerprint density at radius 1 is 1.08 bits per heavy atom. The molecule has 0 unspecified atom stereocenters. The molecule has 1 N–H and O–H groups in total. The van der Waals surface area contributed by atoms with E-state index < -0.39 is 16.0 Å². The fraction of sp³-hybridized carbons (Fsp3) is 0.280. The van der Waals surface area contributed by atoms with Gasteiger partial charge in [0, 0.05) is 28.6 Å². The minimum absolute atomic E-state index is 0.0543. The van der Waals surface area contributed by atoms with Crippen molar-refractivity contribution >= 4 is 55.9 Å². The summed E-state index contributed by atoms with van der Waals surface area (Å²) in [5.41, 5.74) is 2.24. The molecule has 2 aromatic heterocycles. The molecule has 10 nitrogen and oxygen atoms in total. The maximum Gasteiger partial charge on any atom is 0.337 e. The second-order valence-corrected chi connectivity index (χ2v) is 12.5. The van der Waals surface area contributed by atoms with Crippen LogP contribution < -0.4 is 5.32 Å². The number of hydrogen-bond donors (Lipinski definition) is 1. The first-order chi connectivity index (χ1) is 18.3. The highest BCUT2D eigenvalue weighted by Gasteiger charge is 2.32. The number of amides is 1. The number of carbonyl (C=O) groups excluding carboxylic acids is 2. The van der Waals surface area contributed by atoms with E-state index in [2.05, 4.69) is 15.6 Å². The molecule has 13 heteroatoms. The zero-order valence-corrected chi connectivity index (χ0v) is 22.7. The number of benzene rings is 2. The Labute approximate surface area is 228 Å². The Morgan fingerprint density at radius 2 is 1.79 bits per heavy atom. The van der Waals surface area contributed by atoms with Crippen LogP contribution in [0.3, 0.4) is 0 Å². The molecule has 0 bridgehead atoms. The predicted molar refractivity (Wildman–Crippen MR) is 143 cm³/mol. The number of sulfonamides is 1. The van der Waals surface area contributed by atoms with Crippen molar-refractivity contribution in [2.75, 3.05) is 20.2 Å². The standard InChI is InChI=1S/C25H24ClN5O5S2/c1-36-25(33)17-4-8-21-22(14-17)31(29-28-21)19-10-12-30(13-11-19)38(34,35)23-9-7-20(37-23)15-27-24(32)16-2-5-18(26)6-3-16/h2-9,14,19H,10-13,15H2,1H3,(H,27,32). The number of nitrogens with one attached hydrogen (secondary N) is 1. The van der Waals surface area contributed by atoms with Crippen LogP contribution in [0.5, 0.6) is 0 Å². The van der Waals surface area contributed by atoms with Crippen LogP contribution in [0.25, 0.3) is 11.0 Å². The van der Waals surface area contributed by atoms with Gasteiger partial charge < -0.3 is 10.1 Å². The number of fused-ring (bicyclic) bond motifs is 1. The second-order valence-electron chi connectivity index (χ2n) is 8.77. The van der Waals surface area contributed by atoms with Crippen LogP contribution in [0, 0.1) is 0 Å². The molecule has 1 aliphatic heterocycles. The van der Waals surface area contributed by atoms with Crippen molar-refractivity contribution in [3.05, 3.63) is 75.6 Å². The first-order valence-electron chi connectivity index (χ1n) is 11.8. The third-order valence-corrected chi connectivity index (χ3v) is 10.1. The summed E-state index contributed by atoms with van der Waals surface area (Å²) in [6, 6.07) is 14.8. The van der Waals surface area contributed by atoms with E-state index in [1.807, 2.05) is 0 Å². The van der Waals surface area contributed by atoms with E-state index in [9.17, 15) is 18.0 Å². The molecule has 1 aliphatic rings. The smallest absolute Gasteiger partial charge is 0.337 e. The number of nitrogens with zero attached hydrogens (tertiary/aromatic N) is 4. The number of halogens is 1. The van der Waals surface area contributed by atoms with Gasteiger partial charge in [0.2, 0.25) is 0 Å². The van der Waals surface area contributed by atoms with Crippen molar-refractivity contribution in [1.29, 1.82) is 0 Å². The maximum absolute atomic E-state index is 13.3. The summed E-state index contributed by atoms with van der Waals surface area (Å²) in [4.78, 5) is 25.0. The number of carbonyl (C=O) groups is 2. The first-order valence-corrected chi connectivity index (χ1v) is 14.5. The minimum Gasteiger partial charge on any atom is -0.465 e. The van der Waals surface area contributed by atoms with E-state index in [0.29, 0.717) is 53.1 Å². The third-order valence-electron chi connectivity index (χ3n) is 6.42. The molecule has 0 saturated carbocycles. The summed E-state index contributed by atoms with van der Waals surface area (Å²) >= 11 is 7.01. The predicted octanol–water partition coefficient (Wildman–Crippen LogP) is 3.89. The van der Waals surface area contributed by atoms with Crippen LogP contribution in [0.15, 0.2) is 58.8 Å². The Balaban J connectivity index is 1.22. The van der Waals surface area contributed by atoms with Gasteiger partial charge in [0.15, 0.2) is 0 Å². The lowest BCUT2D eigenvalue weighted by Gasteiger charge is -2.30. The van der Waals surface area contributed by atoms with E-state index >= 15 is 0 Å². The van der Waals surface area contributed by atoms with Crippen LogP contribution in [-0.2, 0) is 21.3 Å². The number of ether oxygens (including phenoxy) is 1. The number of methoxy groups -OCH3 is 1. The van der Waals surface area contributed by atoms with Crippen molar-refractivity contribution in [3.8, 4) is 0 Å². The van der Waals surface area contributed by atoms with Gasteiger partial charge in [-0.1, -0.05) is 16.8 Å². The van der Waals surface area contributed by atoms with Crippen molar-refractivity contribution < 1.29 is 22.7 Å². The molecule has 4 aromatic rings. The molecule has 38 heavy (non-hydrogen) atoms. The molecule has 5 rings (SSSR count). The number of thiophene rings is 1. The molecule has 0 radical (unpaired) electrons. The van der Waals surface area contributed by atoms with Crippen LogP contribution in [-0.4, -0.2) is 59.8 Å². The van der Waals surface area contributed by atoms with Gasteiger partial charge in [-0.15, -0.1) is 16.4 Å². The SMILES string of the molecule is COC(=O)c1ccc2nnn(C3CCN(S(=O)(=O)c4ccc(CNC(=O)c5ccc(Cl)cc5)s4)CC3)c2c1. The molecule has 0 atom stereocenters. The molecule has 0 aliphatic carbocycles. The summed E-state index contributed by atoms with van der Waals surface area (Å²) in [7, 11) is -2.35. The summed E-state index contributed by atoms with van der Waals surface area (Å²) in [5.74, 6) is -0.707. The minimum atomic E-state index is -3.67. The second kappa shape index (κ2) is 10.8. The highest BCUT2D eigenvalue weighted by atomic mass is 35.5. The lowest BCUT2D eigenvalue weighted by molar-refractivity contribution is 0.0600. The topological polar surface area (TPSA) is 123 Å². The monoisotopic (exact) mass is 573 g/mol. The number of piperidine rings is 1. The molecule has 198 valence electrons. The van der Waals surface area contributed by atoms with Crippen molar-refractivity contribution in [1.82, 2.24) is 24.6 Å². The summed E-state index contributed by atoms with van der Waals surface area (Å²) < 4.78 is 34.9. The molecule has 0 spiro atoms. The largest absolute Gasteiger partial charge is 0.465 e. The fourth-order valence-electron chi connectivity index (χ4n) is 4.37. The molecular weight excluding hydrogens is 550 g/mol. The first kappa shape index (κ1) is 26.3. The molecular formula is C25H24ClN5O5S2. The highest BCUT2D eigenvalue weighted by molar-refractivity contribution is 7.91. The van der Waals surface area contributed by atoms with E-state index in [0.717, 1.165) is 16.2 Å². The Bertz CT molecular complexity index is 1590. The van der Waals surface area contributed by atoms with Crippen molar-refractivity contribution in [2.45, 2.75) is 29.6 Å². The van der Waals surface area contributed by atoms with E-state index in [-0.39, 0.29) is 22.7 Å². The lowest BCUT2D eigenvalue weighted by atomic mass is 10.1. The lowest BCUT2D eigenvalue weighted by Crippen LogP contribution is -2.38. The van der Waals surface area contributed by atoms with Gasteiger partial charge in [-0.05, 0) is 67.4 Å². The Kier molecular flexibility index (Phi) is 7.48. The number of rotatable bonds is 7. The van der Waals surface area contributed by atoms with Gasteiger partial charge in [0.05, 0.1) is 30.8 Å². The Morgan fingerprint density at radius 3 is 2.50 bits per heavy atom. The van der Waals surface area contributed by atoms with Crippen molar-refractivity contribution in [2.24, 2.45) is 0 Å². The normalized spacial score (nSPS) is 15.0. The zero-order valence-electron chi connectivity index (χ0n) is 20.3. The van der Waals surface area contributed by atoms with Gasteiger partial charge in [-0.2, -0.15) is 4.31 Å². The van der Waals surface area contributed by atoms with Gasteiger partial charge in [0.1, 0.15) is 9.73 Å².